The minimum absolute atomic E-state index is 0.0847. The molecule has 1 heterocycles. The second-order valence-electron chi connectivity index (χ2n) is 6.19. The first kappa shape index (κ1) is 20.6. The Labute approximate surface area is 176 Å². The molecule has 2 aromatic carbocycles. The number of hydrogen-bond donors (Lipinski definition) is 2. The van der Waals surface area contributed by atoms with Crippen LogP contribution in [-0.2, 0) is 4.79 Å². The molecule has 0 radical (unpaired) electrons. The maximum absolute atomic E-state index is 12.9. The van der Waals surface area contributed by atoms with Crippen LogP contribution in [-0.4, -0.2) is 29.8 Å². The van der Waals surface area contributed by atoms with Crippen molar-refractivity contribution in [2.24, 2.45) is 5.73 Å². The lowest BCUT2D eigenvalue weighted by Gasteiger charge is -2.26. The Balaban J connectivity index is 2.01. The molecule has 7 nitrogen and oxygen atoms in total. The van der Waals surface area contributed by atoms with Crippen molar-refractivity contribution < 1.29 is 14.3 Å². The van der Waals surface area contributed by atoms with E-state index in [1.165, 1.54) is 0 Å². The highest BCUT2D eigenvalue weighted by Crippen LogP contribution is 2.36. The van der Waals surface area contributed by atoms with Gasteiger partial charge in [0.2, 0.25) is 11.7 Å². The molecule has 0 saturated carbocycles. The summed E-state index contributed by atoms with van der Waals surface area (Å²) in [5.74, 6) is -0.0846. The number of aromatic nitrogens is 1. The maximum atomic E-state index is 12.9. The largest absolute Gasteiger partial charge is 0.497 e. The van der Waals surface area contributed by atoms with Crippen molar-refractivity contribution in [1.29, 1.82) is 0 Å². The molecule has 0 fully saturated rings. The van der Waals surface area contributed by atoms with Crippen molar-refractivity contribution in [3.63, 3.8) is 0 Å². The zero-order chi connectivity index (χ0) is 21.1. The molecular formula is C20H19ClN4O3S. The Morgan fingerprint density at radius 1 is 1.14 bits per heavy atom. The molecule has 0 aliphatic carbocycles. The predicted molar refractivity (Wildman–Crippen MR) is 115 cm³/mol. The summed E-state index contributed by atoms with van der Waals surface area (Å²) in [6, 6.07) is 12.9. The van der Waals surface area contributed by atoms with Gasteiger partial charge in [0.1, 0.15) is 22.5 Å². The van der Waals surface area contributed by atoms with Crippen LogP contribution in [0.4, 0.5) is 16.6 Å². The van der Waals surface area contributed by atoms with E-state index >= 15 is 0 Å². The number of thiazole rings is 1. The van der Waals surface area contributed by atoms with Crippen LogP contribution in [0.5, 0.6) is 5.75 Å². The van der Waals surface area contributed by atoms with E-state index < -0.39 is 11.9 Å². The summed E-state index contributed by atoms with van der Waals surface area (Å²) in [7, 11) is 1.55. The monoisotopic (exact) mass is 430 g/mol. The second-order valence-corrected chi connectivity index (χ2v) is 7.61. The summed E-state index contributed by atoms with van der Waals surface area (Å²) in [5, 5.41) is 0.933. The van der Waals surface area contributed by atoms with Gasteiger partial charge >= 0.3 is 0 Å². The Bertz CT molecular complexity index is 1030. The van der Waals surface area contributed by atoms with E-state index in [0.717, 1.165) is 11.3 Å². The summed E-state index contributed by atoms with van der Waals surface area (Å²) in [4.78, 5) is 31.0. The van der Waals surface area contributed by atoms with Crippen molar-refractivity contribution in [2.45, 2.75) is 13.0 Å². The first-order chi connectivity index (χ1) is 13.8. The summed E-state index contributed by atoms with van der Waals surface area (Å²) in [6.07, 6.45) is 0. The third-order valence-electron chi connectivity index (χ3n) is 4.31. The number of primary amides is 1. The Morgan fingerprint density at radius 3 is 2.31 bits per heavy atom. The smallest absolute Gasteiger partial charge is 0.240 e. The number of anilines is 3. The van der Waals surface area contributed by atoms with Gasteiger partial charge in [-0.2, -0.15) is 0 Å². The van der Waals surface area contributed by atoms with Gasteiger partial charge in [-0.05, 0) is 55.5 Å². The van der Waals surface area contributed by atoms with Crippen LogP contribution in [0.3, 0.4) is 0 Å². The van der Waals surface area contributed by atoms with Crippen molar-refractivity contribution in [3.05, 3.63) is 64.0 Å². The van der Waals surface area contributed by atoms with Gasteiger partial charge in [0.25, 0.3) is 0 Å². The van der Waals surface area contributed by atoms with Crippen molar-refractivity contribution >= 4 is 51.3 Å². The van der Waals surface area contributed by atoms with Gasteiger partial charge in [0, 0.05) is 16.3 Å². The van der Waals surface area contributed by atoms with Crippen LogP contribution < -0.4 is 21.1 Å². The van der Waals surface area contributed by atoms with Gasteiger partial charge in [-0.3, -0.25) is 9.59 Å². The number of carbonyl (C=O) groups excluding carboxylic acids is 2. The molecule has 1 amide bonds. The molecule has 0 spiro atoms. The first-order valence-corrected chi connectivity index (χ1v) is 9.80. The summed E-state index contributed by atoms with van der Waals surface area (Å²) < 4.78 is 5.11. The SMILES string of the molecule is COc1ccc(C(=O)c2sc(N(c3ccc(Cl)cc3)[C@@H](C)C(N)=O)nc2N)cc1. The fourth-order valence-corrected chi connectivity index (χ4v) is 3.86. The highest BCUT2D eigenvalue weighted by atomic mass is 35.5. The van der Waals surface area contributed by atoms with E-state index in [2.05, 4.69) is 4.98 Å². The van der Waals surface area contributed by atoms with Crippen LogP contribution in [0.2, 0.25) is 5.02 Å². The number of halogens is 1. The number of carbonyl (C=O) groups is 2. The zero-order valence-electron chi connectivity index (χ0n) is 15.8. The summed E-state index contributed by atoms with van der Waals surface area (Å²) in [5.41, 5.74) is 12.7. The van der Waals surface area contributed by atoms with E-state index in [-0.39, 0.29) is 16.5 Å². The predicted octanol–water partition coefficient (Wildman–Crippen LogP) is 3.63. The molecule has 0 bridgehead atoms. The Hall–Kier alpha value is -3.10. The molecule has 150 valence electrons. The molecule has 1 atom stereocenters. The molecule has 0 unspecified atom stereocenters. The number of nitrogens with two attached hydrogens (primary N) is 2. The molecule has 0 aliphatic rings. The van der Waals surface area contributed by atoms with E-state index in [4.69, 9.17) is 27.8 Å². The molecule has 9 heteroatoms. The van der Waals surface area contributed by atoms with Crippen molar-refractivity contribution in [1.82, 2.24) is 4.98 Å². The van der Waals surface area contributed by atoms with Crippen LogP contribution in [0.15, 0.2) is 48.5 Å². The van der Waals surface area contributed by atoms with Crippen LogP contribution >= 0.6 is 22.9 Å². The number of hydrogen-bond acceptors (Lipinski definition) is 7. The summed E-state index contributed by atoms with van der Waals surface area (Å²) >= 11 is 7.06. The minimum atomic E-state index is -0.717. The second kappa shape index (κ2) is 8.50. The lowest BCUT2D eigenvalue weighted by molar-refractivity contribution is -0.118. The average Bonchev–Trinajstić information content (AvgIpc) is 3.10. The van der Waals surface area contributed by atoms with Gasteiger partial charge in [-0.15, -0.1) is 0 Å². The number of amides is 1. The molecular weight excluding hydrogens is 412 g/mol. The normalized spacial score (nSPS) is 11.7. The molecule has 3 aromatic rings. The maximum Gasteiger partial charge on any atom is 0.240 e. The molecule has 0 saturated heterocycles. The quantitative estimate of drug-likeness (QED) is 0.553. The zero-order valence-corrected chi connectivity index (χ0v) is 17.3. The minimum Gasteiger partial charge on any atom is -0.497 e. The molecule has 1 aromatic heterocycles. The van der Waals surface area contributed by atoms with Gasteiger partial charge in [0.05, 0.1) is 7.11 Å². The van der Waals surface area contributed by atoms with Crippen LogP contribution in [0, 0.1) is 0 Å². The number of nitrogens with zero attached hydrogens (tertiary/aromatic N) is 2. The highest BCUT2D eigenvalue weighted by Gasteiger charge is 2.27. The van der Waals surface area contributed by atoms with E-state index in [0.29, 0.717) is 27.2 Å². The lowest BCUT2D eigenvalue weighted by Crippen LogP contribution is -2.39. The molecule has 4 N–H and O–H groups in total. The van der Waals surface area contributed by atoms with Crippen LogP contribution in [0.1, 0.15) is 22.2 Å². The number of methoxy groups -OCH3 is 1. The standard InChI is InChI=1S/C20H19ClN4O3S/c1-11(19(23)27)25(14-7-5-13(21)6-8-14)20-24-18(22)17(29-20)16(26)12-3-9-15(28-2)10-4-12/h3-11H,22H2,1-2H3,(H2,23,27)/t11-/m0/s1. The van der Waals surface area contributed by atoms with Gasteiger partial charge in [0.15, 0.2) is 5.13 Å². The number of nitrogen functional groups attached to an aromatic ring is 1. The number of ketones is 1. The van der Waals surface area contributed by atoms with E-state index in [1.807, 2.05) is 0 Å². The number of ether oxygens (including phenoxy) is 1. The highest BCUT2D eigenvalue weighted by molar-refractivity contribution is 7.18. The Kier molecular flexibility index (Phi) is 6.05. The topological polar surface area (TPSA) is 112 Å². The Morgan fingerprint density at radius 2 is 1.76 bits per heavy atom. The van der Waals surface area contributed by atoms with Gasteiger partial charge < -0.3 is 21.1 Å². The third kappa shape index (κ3) is 4.33. The first-order valence-electron chi connectivity index (χ1n) is 8.61. The molecule has 29 heavy (non-hydrogen) atoms. The van der Waals surface area contributed by atoms with Crippen molar-refractivity contribution in [2.75, 3.05) is 17.7 Å². The van der Waals surface area contributed by atoms with Gasteiger partial charge in [-0.25, -0.2) is 4.98 Å². The average molecular weight is 431 g/mol. The summed E-state index contributed by atoms with van der Waals surface area (Å²) in [6.45, 7) is 1.65. The van der Waals surface area contributed by atoms with E-state index in [9.17, 15) is 9.59 Å². The van der Waals surface area contributed by atoms with Crippen molar-refractivity contribution in [3.8, 4) is 5.75 Å². The third-order valence-corrected chi connectivity index (χ3v) is 5.63. The fraction of sp³-hybridized carbons (Fsp3) is 0.150. The lowest BCUT2D eigenvalue weighted by atomic mass is 10.1. The van der Waals surface area contributed by atoms with Gasteiger partial charge in [-0.1, -0.05) is 22.9 Å². The number of benzene rings is 2. The van der Waals surface area contributed by atoms with Crippen LogP contribution in [0.25, 0.3) is 0 Å². The molecule has 3 rings (SSSR count). The fourth-order valence-electron chi connectivity index (χ4n) is 2.69. The molecule has 0 aliphatic heterocycles. The number of rotatable bonds is 7. The van der Waals surface area contributed by atoms with E-state index in [1.54, 1.807) is 67.5 Å².